The molecule has 1 aromatic carbocycles. The van der Waals surface area contributed by atoms with Crippen LogP contribution in [0.2, 0.25) is 0 Å². The molecule has 2 bridgehead atoms. The topological polar surface area (TPSA) is 51.0 Å². The van der Waals surface area contributed by atoms with E-state index >= 15 is 0 Å². The van der Waals surface area contributed by atoms with Gasteiger partial charge < -0.3 is 19.5 Å². The fourth-order valence-electron chi connectivity index (χ4n) is 3.85. The predicted octanol–water partition coefficient (Wildman–Crippen LogP) is 2.29. The quantitative estimate of drug-likeness (QED) is 0.628. The largest absolute Gasteiger partial charge is 0.490 e. The molecule has 0 radical (unpaired) electrons. The van der Waals surface area contributed by atoms with Crippen LogP contribution in [-0.4, -0.2) is 55.6 Å². The maximum absolute atomic E-state index is 6.12. The minimum absolute atomic E-state index is 0.466. The van der Waals surface area contributed by atoms with E-state index in [9.17, 15) is 0 Å². The number of hydrogen-bond donors (Lipinski definition) is 1. The van der Waals surface area contributed by atoms with E-state index < -0.39 is 0 Å². The normalized spacial score (nSPS) is 26.1. The Labute approximate surface area is 142 Å². The van der Waals surface area contributed by atoms with Gasteiger partial charge in [0.2, 0.25) is 0 Å². The average Bonchev–Trinajstić information content (AvgIpc) is 2.86. The smallest absolute Gasteiger partial charge is 0.145 e. The van der Waals surface area contributed by atoms with Gasteiger partial charge in [0.05, 0.1) is 10.9 Å². The lowest BCUT2D eigenvalue weighted by molar-refractivity contribution is 0.0346. The van der Waals surface area contributed by atoms with Crippen LogP contribution in [0.5, 0.6) is 5.75 Å². The Morgan fingerprint density at radius 3 is 2.87 bits per heavy atom. The van der Waals surface area contributed by atoms with Crippen LogP contribution in [0, 0.1) is 6.92 Å². The standard InChI is InChI=1S/C17H25N3O2S/c1-12-8-13(18)9-16-17(12)20-5-4-19(10-15(23-20)11-22-16)14-2-6-21-7-3-14/h8-9,14-15H,2-7,10-11,18H2,1H3/t15-/m0/s1. The minimum atomic E-state index is 0.466. The summed E-state index contributed by atoms with van der Waals surface area (Å²) < 4.78 is 14.1. The number of aryl methyl sites for hydroxylation is 1. The molecule has 4 rings (SSSR count). The minimum Gasteiger partial charge on any atom is -0.490 e. The third-order valence-corrected chi connectivity index (χ3v) is 6.18. The fraction of sp³-hybridized carbons (Fsp3) is 0.647. The van der Waals surface area contributed by atoms with Crippen molar-refractivity contribution < 1.29 is 9.47 Å². The molecule has 126 valence electrons. The van der Waals surface area contributed by atoms with Crippen molar-refractivity contribution in [3.63, 3.8) is 0 Å². The summed E-state index contributed by atoms with van der Waals surface area (Å²) in [7, 11) is 0. The van der Waals surface area contributed by atoms with Crippen LogP contribution in [0.1, 0.15) is 18.4 Å². The molecular formula is C17H25N3O2S. The highest BCUT2D eigenvalue weighted by atomic mass is 32.2. The molecular weight excluding hydrogens is 310 g/mol. The molecule has 3 heterocycles. The SMILES string of the molecule is Cc1cc(N)cc2c1N1CCN(C3CCOCC3)C[C@@H](CO2)S1. The molecule has 2 saturated heterocycles. The van der Waals surface area contributed by atoms with E-state index in [1.807, 2.05) is 24.1 Å². The van der Waals surface area contributed by atoms with Crippen molar-refractivity contribution in [1.29, 1.82) is 0 Å². The number of nitrogens with zero attached hydrogens (tertiary/aromatic N) is 2. The Hall–Kier alpha value is -1.11. The van der Waals surface area contributed by atoms with Gasteiger partial charge in [0.15, 0.2) is 0 Å². The lowest BCUT2D eigenvalue weighted by Crippen LogP contribution is -2.44. The van der Waals surface area contributed by atoms with E-state index in [0.29, 0.717) is 11.3 Å². The highest BCUT2D eigenvalue weighted by Crippen LogP contribution is 2.42. The Morgan fingerprint density at radius 1 is 1.22 bits per heavy atom. The van der Waals surface area contributed by atoms with Crippen LogP contribution in [0.3, 0.4) is 0 Å². The van der Waals surface area contributed by atoms with Gasteiger partial charge in [-0.05, 0) is 43.3 Å². The molecule has 2 fully saturated rings. The summed E-state index contributed by atoms with van der Waals surface area (Å²) in [6.07, 6.45) is 2.31. The third-order valence-electron chi connectivity index (χ3n) is 4.97. The zero-order valence-corrected chi connectivity index (χ0v) is 14.5. The first-order valence-corrected chi connectivity index (χ1v) is 9.33. The van der Waals surface area contributed by atoms with Crippen molar-refractivity contribution in [2.75, 3.05) is 49.5 Å². The van der Waals surface area contributed by atoms with Gasteiger partial charge in [-0.3, -0.25) is 4.90 Å². The lowest BCUT2D eigenvalue weighted by atomic mass is 10.1. The summed E-state index contributed by atoms with van der Waals surface area (Å²) in [6, 6.07) is 4.68. The highest BCUT2D eigenvalue weighted by Gasteiger charge is 2.33. The van der Waals surface area contributed by atoms with Crippen molar-refractivity contribution in [3.05, 3.63) is 17.7 Å². The zero-order valence-electron chi connectivity index (χ0n) is 13.7. The summed E-state index contributed by atoms with van der Waals surface area (Å²) in [5.74, 6) is 0.942. The van der Waals surface area contributed by atoms with Crippen molar-refractivity contribution in [3.8, 4) is 5.75 Å². The summed E-state index contributed by atoms with van der Waals surface area (Å²) >= 11 is 1.94. The molecule has 0 amide bonds. The van der Waals surface area contributed by atoms with E-state index in [2.05, 4.69) is 16.1 Å². The second-order valence-electron chi connectivity index (χ2n) is 6.66. The first kappa shape index (κ1) is 15.4. The molecule has 3 aliphatic rings. The number of rotatable bonds is 1. The second kappa shape index (κ2) is 6.42. The number of benzene rings is 1. The Bertz CT molecular complexity index is 577. The summed E-state index contributed by atoms with van der Waals surface area (Å²) in [4.78, 5) is 2.65. The Balaban J connectivity index is 1.57. The van der Waals surface area contributed by atoms with Gasteiger partial charge in [0.25, 0.3) is 0 Å². The molecule has 1 aromatic rings. The molecule has 0 saturated carbocycles. The van der Waals surface area contributed by atoms with E-state index in [1.165, 1.54) is 11.3 Å². The molecule has 2 N–H and O–H groups in total. The van der Waals surface area contributed by atoms with E-state index in [1.54, 1.807) is 0 Å². The van der Waals surface area contributed by atoms with Crippen LogP contribution >= 0.6 is 11.9 Å². The molecule has 0 unspecified atom stereocenters. The maximum atomic E-state index is 6.12. The third kappa shape index (κ3) is 3.12. The van der Waals surface area contributed by atoms with Crippen LogP contribution in [-0.2, 0) is 4.74 Å². The van der Waals surface area contributed by atoms with E-state index in [0.717, 1.165) is 63.7 Å². The molecule has 6 heteroatoms. The number of nitrogen functional groups attached to an aromatic ring is 1. The van der Waals surface area contributed by atoms with Crippen molar-refractivity contribution in [2.24, 2.45) is 0 Å². The number of nitrogens with two attached hydrogens (primary N) is 1. The van der Waals surface area contributed by atoms with Gasteiger partial charge in [-0.25, -0.2) is 0 Å². The molecule has 1 atom stereocenters. The highest BCUT2D eigenvalue weighted by molar-refractivity contribution is 8.01. The van der Waals surface area contributed by atoms with E-state index in [-0.39, 0.29) is 0 Å². The molecule has 0 aliphatic carbocycles. The average molecular weight is 335 g/mol. The van der Waals surface area contributed by atoms with Gasteiger partial charge in [0, 0.05) is 50.6 Å². The van der Waals surface area contributed by atoms with Crippen LogP contribution in [0.15, 0.2) is 12.1 Å². The molecule has 0 spiro atoms. The maximum Gasteiger partial charge on any atom is 0.145 e. The van der Waals surface area contributed by atoms with Gasteiger partial charge in [-0.1, -0.05) is 0 Å². The van der Waals surface area contributed by atoms with Crippen LogP contribution in [0.25, 0.3) is 0 Å². The summed E-state index contributed by atoms with van der Waals surface area (Å²) in [5, 5.41) is 0.466. The van der Waals surface area contributed by atoms with Gasteiger partial charge >= 0.3 is 0 Å². The first-order valence-electron chi connectivity index (χ1n) is 8.50. The molecule has 0 aromatic heterocycles. The Kier molecular flexibility index (Phi) is 4.30. The molecule has 3 aliphatic heterocycles. The van der Waals surface area contributed by atoms with Crippen LogP contribution in [0.4, 0.5) is 11.4 Å². The van der Waals surface area contributed by atoms with Gasteiger partial charge in [-0.15, -0.1) is 0 Å². The molecule has 5 nitrogen and oxygen atoms in total. The number of fused-ring (bicyclic) bond motifs is 4. The van der Waals surface area contributed by atoms with Crippen molar-refractivity contribution >= 4 is 23.3 Å². The van der Waals surface area contributed by atoms with Gasteiger partial charge in [0.1, 0.15) is 12.4 Å². The summed E-state index contributed by atoms with van der Waals surface area (Å²) in [5.41, 5.74) is 9.19. The number of hydrogen-bond acceptors (Lipinski definition) is 6. The lowest BCUT2D eigenvalue weighted by Gasteiger charge is -2.34. The summed E-state index contributed by atoms with van der Waals surface area (Å²) in [6.45, 7) is 7.91. The van der Waals surface area contributed by atoms with Crippen LogP contribution < -0.4 is 14.8 Å². The van der Waals surface area contributed by atoms with Crippen molar-refractivity contribution in [2.45, 2.75) is 31.1 Å². The zero-order chi connectivity index (χ0) is 15.8. The predicted molar refractivity (Wildman–Crippen MR) is 95.2 cm³/mol. The van der Waals surface area contributed by atoms with Crippen molar-refractivity contribution in [1.82, 2.24) is 4.90 Å². The molecule has 23 heavy (non-hydrogen) atoms. The monoisotopic (exact) mass is 335 g/mol. The number of anilines is 2. The number of ether oxygens (including phenoxy) is 2. The second-order valence-corrected chi connectivity index (χ2v) is 7.98. The Morgan fingerprint density at radius 2 is 2.04 bits per heavy atom. The van der Waals surface area contributed by atoms with Gasteiger partial charge in [-0.2, -0.15) is 0 Å². The first-order chi connectivity index (χ1) is 11.2. The van der Waals surface area contributed by atoms with E-state index in [4.69, 9.17) is 15.2 Å². The fourth-order valence-corrected chi connectivity index (χ4v) is 5.13.